The van der Waals surface area contributed by atoms with E-state index in [2.05, 4.69) is 15.7 Å². The molecule has 98 valence electrons. The van der Waals surface area contributed by atoms with Gasteiger partial charge >= 0.3 is 6.18 Å². The maximum absolute atomic E-state index is 12.4. The van der Waals surface area contributed by atoms with Gasteiger partial charge in [-0.1, -0.05) is 28.4 Å². The second kappa shape index (κ2) is 5.92. The summed E-state index contributed by atoms with van der Waals surface area (Å²) in [4.78, 5) is 0. The van der Waals surface area contributed by atoms with E-state index in [0.29, 0.717) is 0 Å². The first kappa shape index (κ1) is 14.6. The summed E-state index contributed by atoms with van der Waals surface area (Å²) < 4.78 is 37.3. The van der Waals surface area contributed by atoms with Crippen molar-refractivity contribution in [2.75, 3.05) is 5.43 Å². The zero-order chi connectivity index (χ0) is 13.8. The summed E-state index contributed by atoms with van der Waals surface area (Å²) in [6.45, 7) is 0. The van der Waals surface area contributed by atoms with E-state index in [-0.39, 0.29) is 15.7 Å². The average Bonchev–Trinajstić information content (AvgIpc) is 2.25. The molecule has 9 heteroatoms. The molecule has 18 heavy (non-hydrogen) atoms. The molecule has 0 bridgehead atoms. The molecule has 4 nitrogen and oxygen atoms in total. The second-order valence-electron chi connectivity index (χ2n) is 2.97. The van der Waals surface area contributed by atoms with E-state index in [1.165, 1.54) is 0 Å². The van der Waals surface area contributed by atoms with E-state index >= 15 is 0 Å². The van der Waals surface area contributed by atoms with Crippen LogP contribution in [0.1, 0.15) is 5.56 Å². The fourth-order valence-corrected chi connectivity index (χ4v) is 1.58. The first-order chi connectivity index (χ1) is 8.36. The molecular formula is C9H6Cl2F3N3O. The lowest BCUT2D eigenvalue weighted by Crippen LogP contribution is -2.05. The molecule has 0 saturated carbocycles. The van der Waals surface area contributed by atoms with E-state index in [4.69, 9.17) is 28.4 Å². The number of nitrogens with zero attached hydrogens (tertiary/aromatic N) is 2. The zero-order valence-electron chi connectivity index (χ0n) is 8.54. The number of oxime groups is 1. The summed E-state index contributed by atoms with van der Waals surface area (Å²) in [5.74, 6) is 0. The molecule has 0 amide bonds. The lowest BCUT2D eigenvalue weighted by atomic mass is 10.2. The fraction of sp³-hybridized carbons (Fsp3) is 0.111. The fourth-order valence-electron chi connectivity index (χ4n) is 1.01. The number of hydrogen-bond donors (Lipinski definition) is 2. The van der Waals surface area contributed by atoms with Crippen LogP contribution in [-0.2, 0) is 6.18 Å². The molecule has 1 aromatic rings. The monoisotopic (exact) mass is 299 g/mol. The van der Waals surface area contributed by atoms with Crippen LogP contribution < -0.4 is 5.43 Å². The maximum Gasteiger partial charge on any atom is 0.416 e. The minimum Gasteiger partial charge on any atom is -0.411 e. The summed E-state index contributed by atoms with van der Waals surface area (Å²) in [5.41, 5.74) is 1.40. The highest BCUT2D eigenvalue weighted by Crippen LogP contribution is 2.38. The van der Waals surface area contributed by atoms with Gasteiger partial charge in [0.05, 0.1) is 33.7 Å². The summed E-state index contributed by atoms with van der Waals surface area (Å²) in [6, 6.07) is 1.46. The Morgan fingerprint density at radius 2 is 1.72 bits per heavy atom. The Bertz CT molecular complexity index is 465. The van der Waals surface area contributed by atoms with Crippen LogP contribution in [0.15, 0.2) is 22.4 Å². The van der Waals surface area contributed by atoms with Crippen LogP contribution in [0.4, 0.5) is 18.9 Å². The van der Waals surface area contributed by atoms with Crippen molar-refractivity contribution in [1.82, 2.24) is 0 Å². The largest absolute Gasteiger partial charge is 0.416 e. The van der Waals surface area contributed by atoms with E-state index in [9.17, 15) is 13.2 Å². The molecule has 0 aliphatic heterocycles. The number of halogens is 5. The van der Waals surface area contributed by atoms with Gasteiger partial charge in [-0.15, -0.1) is 0 Å². The molecule has 0 aliphatic rings. The number of nitrogens with one attached hydrogen (secondary N) is 1. The van der Waals surface area contributed by atoms with Gasteiger partial charge in [-0.2, -0.15) is 18.3 Å². The number of hydrogen-bond acceptors (Lipinski definition) is 4. The molecule has 1 aromatic carbocycles. The predicted molar refractivity (Wildman–Crippen MR) is 63.9 cm³/mol. The van der Waals surface area contributed by atoms with Gasteiger partial charge in [0.1, 0.15) is 0 Å². The lowest BCUT2D eigenvalue weighted by molar-refractivity contribution is -0.137. The summed E-state index contributed by atoms with van der Waals surface area (Å²) in [7, 11) is 0. The Morgan fingerprint density at radius 3 is 2.17 bits per heavy atom. The van der Waals surface area contributed by atoms with Crippen LogP contribution in [0.2, 0.25) is 10.0 Å². The maximum atomic E-state index is 12.4. The molecule has 0 aliphatic carbocycles. The van der Waals surface area contributed by atoms with Crippen LogP contribution in [-0.4, -0.2) is 17.6 Å². The summed E-state index contributed by atoms with van der Waals surface area (Å²) in [5, 5.41) is 13.8. The molecule has 1 rings (SSSR count). The number of hydrazone groups is 1. The van der Waals surface area contributed by atoms with Crippen molar-refractivity contribution >= 4 is 41.3 Å². The molecule has 0 spiro atoms. The van der Waals surface area contributed by atoms with Crippen molar-refractivity contribution in [3.8, 4) is 0 Å². The van der Waals surface area contributed by atoms with E-state index in [0.717, 1.165) is 24.6 Å². The predicted octanol–water partition coefficient (Wildman–Crippen LogP) is 3.87. The van der Waals surface area contributed by atoms with Gasteiger partial charge < -0.3 is 5.21 Å². The highest BCUT2D eigenvalue weighted by molar-refractivity contribution is 6.39. The lowest BCUT2D eigenvalue weighted by Gasteiger charge is -2.11. The number of rotatable bonds is 3. The van der Waals surface area contributed by atoms with Crippen molar-refractivity contribution in [3.63, 3.8) is 0 Å². The van der Waals surface area contributed by atoms with Gasteiger partial charge in [-0.05, 0) is 12.1 Å². The second-order valence-corrected chi connectivity index (χ2v) is 3.78. The summed E-state index contributed by atoms with van der Waals surface area (Å²) >= 11 is 11.3. The smallest absolute Gasteiger partial charge is 0.411 e. The van der Waals surface area contributed by atoms with Crippen molar-refractivity contribution in [3.05, 3.63) is 27.7 Å². The quantitative estimate of drug-likeness (QED) is 0.506. The van der Waals surface area contributed by atoms with Crippen LogP contribution in [0, 0.1) is 0 Å². The average molecular weight is 300 g/mol. The highest BCUT2D eigenvalue weighted by Gasteiger charge is 2.31. The van der Waals surface area contributed by atoms with Gasteiger partial charge in [0, 0.05) is 0 Å². The standard InChI is InChI=1S/C9H6Cl2F3N3O/c10-6-3-5(9(12,13)14)4-7(11)8(6)17-15-1-2-16-18/h1-4,17-18H. The Kier molecular flexibility index (Phi) is 4.80. The molecule has 0 fully saturated rings. The minimum absolute atomic E-state index is 0.0222. The van der Waals surface area contributed by atoms with Crippen LogP contribution in [0.3, 0.4) is 0 Å². The molecule has 0 unspecified atom stereocenters. The van der Waals surface area contributed by atoms with E-state index < -0.39 is 11.7 Å². The summed E-state index contributed by atoms with van der Waals surface area (Å²) in [6.07, 6.45) is -2.53. The number of alkyl halides is 3. The minimum atomic E-state index is -4.53. The normalized spacial score (nSPS) is 12.5. The molecule has 0 heterocycles. The molecule has 0 atom stereocenters. The Hall–Kier alpha value is -1.47. The third-order valence-electron chi connectivity index (χ3n) is 1.75. The van der Waals surface area contributed by atoms with Crippen molar-refractivity contribution in [2.45, 2.75) is 6.18 Å². The van der Waals surface area contributed by atoms with Gasteiger partial charge in [-0.25, -0.2) is 0 Å². The third kappa shape index (κ3) is 3.78. The topological polar surface area (TPSA) is 57.0 Å². The van der Waals surface area contributed by atoms with Crippen LogP contribution >= 0.6 is 23.2 Å². The first-order valence-electron chi connectivity index (χ1n) is 4.37. The van der Waals surface area contributed by atoms with Crippen LogP contribution in [0.5, 0.6) is 0 Å². The third-order valence-corrected chi connectivity index (χ3v) is 2.35. The van der Waals surface area contributed by atoms with Crippen molar-refractivity contribution in [2.24, 2.45) is 10.3 Å². The van der Waals surface area contributed by atoms with Gasteiger partial charge in [0.15, 0.2) is 0 Å². The highest BCUT2D eigenvalue weighted by atomic mass is 35.5. The van der Waals surface area contributed by atoms with Gasteiger partial charge in [0.2, 0.25) is 0 Å². The Morgan fingerprint density at radius 1 is 1.17 bits per heavy atom. The first-order valence-corrected chi connectivity index (χ1v) is 5.13. The molecule has 2 N–H and O–H groups in total. The zero-order valence-corrected chi connectivity index (χ0v) is 10.1. The molecule has 0 saturated heterocycles. The van der Waals surface area contributed by atoms with Gasteiger partial charge in [0.25, 0.3) is 0 Å². The van der Waals surface area contributed by atoms with Crippen molar-refractivity contribution in [1.29, 1.82) is 0 Å². The molecule has 0 radical (unpaired) electrons. The Labute approximate surface area is 110 Å². The Balaban J connectivity index is 3.02. The van der Waals surface area contributed by atoms with E-state index in [1.54, 1.807) is 0 Å². The number of benzene rings is 1. The van der Waals surface area contributed by atoms with E-state index in [1.807, 2.05) is 0 Å². The van der Waals surface area contributed by atoms with Gasteiger partial charge in [-0.3, -0.25) is 5.43 Å². The number of anilines is 1. The van der Waals surface area contributed by atoms with Crippen molar-refractivity contribution < 1.29 is 18.4 Å². The van der Waals surface area contributed by atoms with Crippen LogP contribution in [0.25, 0.3) is 0 Å². The molecule has 0 aromatic heterocycles. The molecular weight excluding hydrogens is 294 g/mol. The SMILES string of the molecule is ON=CC=NNc1c(Cl)cc(C(F)(F)F)cc1Cl.